The number of alkyl halides is 3. The number of β-lactam (4-membered cyclic amide) rings is 1. The largest absolute Gasteiger partial charge is 0.534 e. The molecule has 0 aliphatic carbocycles. The average Bonchev–Trinajstić information content (AvgIpc) is 2.98. The Labute approximate surface area is 178 Å². The third-order valence-corrected chi connectivity index (χ3v) is 5.88. The van der Waals surface area contributed by atoms with Crippen molar-refractivity contribution in [2.75, 3.05) is 0 Å². The Morgan fingerprint density at radius 3 is 2.44 bits per heavy atom. The maximum Gasteiger partial charge on any atom is 0.534 e. The molecule has 0 aromatic heterocycles. The zero-order valence-electron chi connectivity index (χ0n) is 16.1. The van der Waals surface area contributed by atoms with Crippen molar-refractivity contribution in [3.05, 3.63) is 51.4 Å². The van der Waals surface area contributed by atoms with Gasteiger partial charge in [0.1, 0.15) is 6.61 Å². The number of aliphatic hydroxyl groups excluding tert-OH is 1. The smallest absolute Gasteiger partial charge is 0.456 e. The van der Waals surface area contributed by atoms with Crippen molar-refractivity contribution < 1.29 is 50.1 Å². The first-order valence-corrected chi connectivity index (χ1v) is 10.3. The van der Waals surface area contributed by atoms with E-state index in [1.54, 1.807) is 0 Å². The average molecular weight is 480 g/mol. The zero-order valence-corrected chi connectivity index (χ0v) is 16.9. The van der Waals surface area contributed by atoms with E-state index in [2.05, 4.69) is 4.18 Å². The molecule has 1 amide bonds. The third kappa shape index (κ3) is 4.12. The number of amides is 1. The summed E-state index contributed by atoms with van der Waals surface area (Å²) in [4.78, 5) is 35.6. The van der Waals surface area contributed by atoms with E-state index in [-0.39, 0.29) is 11.3 Å². The molecule has 11 nitrogen and oxygen atoms in total. The van der Waals surface area contributed by atoms with Gasteiger partial charge in [0.15, 0.2) is 11.5 Å². The van der Waals surface area contributed by atoms with Gasteiger partial charge in [-0.25, -0.2) is 4.79 Å². The maximum atomic E-state index is 12.7. The fourth-order valence-electron chi connectivity index (χ4n) is 3.41. The van der Waals surface area contributed by atoms with Gasteiger partial charge in [0.2, 0.25) is 5.91 Å². The van der Waals surface area contributed by atoms with Gasteiger partial charge in [0, 0.05) is 18.6 Å². The van der Waals surface area contributed by atoms with E-state index >= 15 is 0 Å². The number of esters is 1. The molecule has 2 heterocycles. The Morgan fingerprint density at radius 2 is 1.94 bits per heavy atom. The lowest BCUT2D eigenvalue weighted by Gasteiger charge is -2.44. The van der Waals surface area contributed by atoms with Crippen molar-refractivity contribution in [1.29, 1.82) is 0 Å². The van der Waals surface area contributed by atoms with Crippen molar-refractivity contribution in [2.45, 2.75) is 37.6 Å². The van der Waals surface area contributed by atoms with Gasteiger partial charge >= 0.3 is 21.6 Å². The molecule has 32 heavy (non-hydrogen) atoms. The highest BCUT2D eigenvalue weighted by atomic mass is 32.2. The number of fused-ring (bicyclic) bond motifs is 1. The Morgan fingerprint density at radius 1 is 1.34 bits per heavy atom. The highest BCUT2D eigenvalue weighted by Crippen LogP contribution is 2.45. The SMILES string of the molecule is C[C@@H](O)[C@H]1C(=O)N2C(C(=O)OCc3ccc([N+](=O)[O-])cc3)=C(OS(=O)(=O)C(F)(F)F)C[C@H]12. The predicted octanol–water partition coefficient (Wildman–Crippen LogP) is 1.33. The molecule has 1 N–H and O–H groups in total. The Bertz CT molecular complexity index is 1100. The number of nitrogens with zero attached hydrogens (tertiary/aromatic N) is 2. The van der Waals surface area contributed by atoms with Crippen LogP contribution in [0.1, 0.15) is 18.9 Å². The number of benzene rings is 1. The number of rotatable bonds is 7. The van der Waals surface area contributed by atoms with E-state index in [1.165, 1.54) is 19.1 Å². The van der Waals surface area contributed by atoms with Gasteiger partial charge < -0.3 is 14.0 Å². The quantitative estimate of drug-likeness (QED) is 0.152. The van der Waals surface area contributed by atoms with Crippen LogP contribution in [0.3, 0.4) is 0 Å². The number of aliphatic hydroxyl groups is 1. The summed E-state index contributed by atoms with van der Waals surface area (Å²) in [6, 6.07) is 3.81. The molecule has 0 saturated carbocycles. The standard InChI is InChI=1S/C17H15F3N2O9S/c1-8(23)13-11-6-12(31-32(28,29)17(18,19)20)14(21(11)15(13)24)16(25)30-7-9-2-4-10(5-3-9)22(26)27/h2-5,8,11,13,23H,6-7H2,1H3/t8-,11-,13-/m1/s1. The Kier molecular flexibility index (Phi) is 5.90. The van der Waals surface area contributed by atoms with Crippen LogP contribution in [0, 0.1) is 16.0 Å². The molecule has 3 atom stereocenters. The molecule has 15 heteroatoms. The molecule has 0 unspecified atom stereocenters. The second-order valence-corrected chi connectivity index (χ2v) is 8.54. The highest BCUT2D eigenvalue weighted by Gasteiger charge is 2.59. The number of carbonyl (C=O) groups is 2. The van der Waals surface area contributed by atoms with E-state index in [9.17, 15) is 46.4 Å². The number of halogens is 3. The first kappa shape index (κ1) is 23.5. The van der Waals surface area contributed by atoms with Crippen molar-refractivity contribution in [2.24, 2.45) is 5.92 Å². The molecule has 1 aromatic rings. The number of hydrogen-bond acceptors (Lipinski definition) is 9. The predicted molar refractivity (Wildman–Crippen MR) is 96.4 cm³/mol. The molecule has 2 aliphatic rings. The minimum Gasteiger partial charge on any atom is -0.456 e. The number of ether oxygens (including phenoxy) is 1. The number of non-ortho nitro benzene ring substituents is 1. The molecule has 3 rings (SSSR count). The van der Waals surface area contributed by atoms with Gasteiger partial charge in [-0.1, -0.05) is 0 Å². The molecule has 2 aliphatic heterocycles. The van der Waals surface area contributed by atoms with Crippen LogP contribution >= 0.6 is 0 Å². The number of carbonyl (C=O) groups excluding carboxylic acids is 2. The van der Waals surface area contributed by atoms with Gasteiger partial charge in [-0.2, -0.15) is 21.6 Å². The molecule has 1 fully saturated rings. The van der Waals surface area contributed by atoms with Crippen molar-refractivity contribution >= 4 is 27.7 Å². The van der Waals surface area contributed by atoms with Gasteiger partial charge in [-0.3, -0.25) is 19.8 Å². The van der Waals surface area contributed by atoms with E-state index in [1.807, 2.05) is 0 Å². The summed E-state index contributed by atoms with van der Waals surface area (Å²) >= 11 is 0. The molecule has 0 bridgehead atoms. The second kappa shape index (κ2) is 8.05. The molecule has 174 valence electrons. The van der Waals surface area contributed by atoms with Crippen LogP contribution in [0.2, 0.25) is 0 Å². The Hall–Kier alpha value is -3.20. The van der Waals surface area contributed by atoms with Crippen LogP contribution in [-0.4, -0.2) is 52.9 Å². The first-order valence-electron chi connectivity index (χ1n) is 8.90. The van der Waals surface area contributed by atoms with Crippen LogP contribution in [-0.2, 0) is 35.2 Å². The summed E-state index contributed by atoms with van der Waals surface area (Å²) in [5.74, 6) is -4.15. The van der Waals surface area contributed by atoms with Crippen LogP contribution in [0.25, 0.3) is 0 Å². The van der Waals surface area contributed by atoms with Gasteiger partial charge in [0.05, 0.1) is 23.0 Å². The van der Waals surface area contributed by atoms with Crippen LogP contribution in [0.5, 0.6) is 0 Å². The Balaban J connectivity index is 1.85. The second-order valence-electron chi connectivity index (χ2n) is 7.00. The van der Waals surface area contributed by atoms with Crippen LogP contribution in [0.15, 0.2) is 35.7 Å². The molecule has 0 radical (unpaired) electrons. The van der Waals surface area contributed by atoms with Crippen molar-refractivity contribution in [3.8, 4) is 0 Å². The summed E-state index contributed by atoms with van der Waals surface area (Å²) < 4.78 is 70.2. The number of nitro benzene ring substituents is 1. The minimum absolute atomic E-state index is 0.232. The summed E-state index contributed by atoms with van der Waals surface area (Å²) in [5.41, 5.74) is -6.55. The van der Waals surface area contributed by atoms with E-state index < -0.39 is 75.0 Å². The van der Waals surface area contributed by atoms with Crippen LogP contribution in [0.4, 0.5) is 18.9 Å². The van der Waals surface area contributed by atoms with Gasteiger partial charge in [-0.05, 0) is 24.6 Å². The third-order valence-electron chi connectivity index (χ3n) is 4.89. The molecule has 1 aromatic carbocycles. The fraction of sp³-hybridized carbons (Fsp3) is 0.412. The molecular weight excluding hydrogens is 465 g/mol. The van der Waals surface area contributed by atoms with Gasteiger partial charge in [-0.15, -0.1) is 0 Å². The first-order chi connectivity index (χ1) is 14.7. The molecule has 1 saturated heterocycles. The van der Waals surface area contributed by atoms with Crippen LogP contribution < -0.4 is 0 Å². The summed E-state index contributed by atoms with van der Waals surface area (Å²) in [5, 5.41) is 20.4. The zero-order chi connectivity index (χ0) is 24.0. The summed E-state index contributed by atoms with van der Waals surface area (Å²) in [7, 11) is -6.13. The lowest BCUT2D eigenvalue weighted by atomic mass is 9.83. The number of nitro groups is 1. The van der Waals surface area contributed by atoms with E-state index in [0.717, 1.165) is 17.0 Å². The van der Waals surface area contributed by atoms with E-state index in [0.29, 0.717) is 0 Å². The lowest BCUT2D eigenvalue weighted by Crippen LogP contribution is -2.61. The highest BCUT2D eigenvalue weighted by molar-refractivity contribution is 7.87. The summed E-state index contributed by atoms with van der Waals surface area (Å²) in [6.45, 7) is 0.782. The van der Waals surface area contributed by atoms with Gasteiger partial charge in [0.25, 0.3) is 5.69 Å². The topological polar surface area (TPSA) is 153 Å². The summed E-state index contributed by atoms with van der Waals surface area (Å²) in [6.07, 6.45) is -1.77. The normalized spacial score (nSPS) is 21.7. The fourth-order valence-corrected chi connectivity index (χ4v) is 3.91. The van der Waals surface area contributed by atoms with Crippen molar-refractivity contribution in [1.82, 2.24) is 4.90 Å². The molecular formula is C17H15F3N2O9S. The maximum absolute atomic E-state index is 12.7. The number of hydrogen-bond donors (Lipinski definition) is 1. The molecule has 0 spiro atoms. The van der Waals surface area contributed by atoms with E-state index in [4.69, 9.17) is 4.74 Å². The van der Waals surface area contributed by atoms with Crippen molar-refractivity contribution in [3.63, 3.8) is 0 Å². The lowest BCUT2D eigenvalue weighted by molar-refractivity contribution is -0.384. The monoisotopic (exact) mass is 480 g/mol. The minimum atomic E-state index is -6.13.